The molecule has 84 valence electrons. The van der Waals surface area contributed by atoms with Crippen LogP contribution in [0, 0.1) is 11.3 Å². The molecule has 0 saturated heterocycles. The molecule has 0 bridgehead atoms. The molecule has 1 unspecified atom stereocenters. The monoisotopic (exact) mass is 204 g/mol. The normalized spacial score (nSPS) is 14.2. The predicted octanol–water partition coefficient (Wildman–Crippen LogP) is 0.565. The highest BCUT2D eigenvalue weighted by Crippen LogP contribution is 2.27. The summed E-state index contributed by atoms with van der Waals surface area (Å²) >= 11 is 0. The van der Waals surface area contributed by atoms with E-state index in [4.69, 9.17) is 14.9 Å². The molecule has 0 amide bonds. The molecule has 0 spiro atoms. The van der Waals surface area contributed by atoms with E-state index < -0.39 is 18.1 Å². The van der Waals surface area contributed by atoms with Crippen LogP contribution in [0.5, 0.6) is 0 Å². The zero-order valence-corrected chi connectivity index (χ0v) is 9.28. The molecule has 0 aliphatic heterocycles. The molecule has 0 heterocycles. The van der Waals surface area contributed by atoms with E-state index in [0.717, 1.165) is 0 Å². The number of aliphatic hydroxyl groups is 2. The van der Waals surface area contributed by atoms with Gasteiger partial charge in [0.25, 0.3) is 0 Å². The number of carbonyl (C=O) groups is 1. The Morgan fingerprint density at radius 3 is 2.29 bits per heavy atom. The average Bonchev–Trinajstić information content (AvgIpc) is 2.12. The largest absolute Gasteiger partial charge is 0.462 e. The Morgan fingerprint density at radius 2 is 1.93 bits per heavy atom. The van der Waals surface area contributed by atoms with Crippen molar-refractivity contribution in [1.82, 2.24) is 0 Å². The average molecular weight is 204 g/mol. The SMILES string of the molecule is CC(C)C(C)(C)C(=O)OCC(O)CO. The Bertz CT molecular complexity index is 187. The van der Waals surface area contributed by atoms with Crippen LogP contribution in [0.4, 0.5) is 0 Å². The van der Waals surface area contributed by atoms with Crippen molar-refractivity contribution >= 4 is 5.97 Å². The van der Waals surface area contributed by atoms with Gasteiger partial charge in [-0.25, -0.2) is 0 Å². The Morgan fingerprint density at radius 1 is 1.43 bits per heavy atom. The Balaban J connectivity index is 4.08. The van der Waals surface area contributed by atoms with Gasteiger partial charge in [0.05, 0.1) is 12.0 Å². The van der Waals surface area contributed by atoms with Gasteiger partial charge in [0.15, 0.2) is 0 Å². The number of carbonyl (C=O) groups excluding carboxylic acids is 1. The summed E-state index contributed by atoms with van der Waals surface area (Å²) < 4.78 is 4.87. The van der Waals surface area contributed by atoms with Crippen molar-refractivity contribution < 1.29 is 19.7 Å². The Hall–Kier alpha value is -0.610. The summed E-state index contributed by atoms with van der Waals surface area (Å²) in [6.45, 7) is 6.92. The van der Waals surface area contributed by atoms with Crippen molar-refractivity contribution in [3.8, 4) is 0 Å². The Kier molecular flexibility index (Phi) is 5.08. The molecular weight excluding hydrogens is 184 g/mol. The lowest BCUT2D eigenvalue weighted by atomic mass is 9.81. The lowest BCUT2D eigenvalue weighted by Crippen LogP contribution is -2.34. The van der Waals surface area contributed by atoms with Gasteiger partial charge in [0, 0.05) is 0 Å². The molecular formula is C10H20O4. The lowest BCUT2D eigenvalue weighted by molar-refractivity contribution is -0.160. The van der Waals surface area contributed by atoms with Gasteiger partial charge in [-0.2, -0.15) is 0 Å². The van der Waals surface area contributed by atoms with E-state index >= 15 is 0 Å². The van der Waals surface area contributed by atoms with Crippen molar-refractivity contribution in [2.24, 2.45) is 11.3 Å². The van der Waals surface area contributed by atoms with Crippen LogP contribution in [0.1, 0.15) is 27.7 Å². The fourth-order valence-corrected chi connectivity index (χ4v) is 0.646. The lowest BCUT2D eigenvalue weighted by Gasteiger charge is -2.26. The summed E-state index contributed by atoms with van der Waals surface area (Å²) in [6.07, 6.45) is -0.984. The van der Waals surface area contributed by atoms with Crippen LogP contribution >= 0.6 is 0 Å². The van der Waals surface area contributed by atoms with Crippen LogP contribution in [0.2, 0.25) is 0 Å². The summed E-state index contributed by atoms with van der Waals surface area (Å²) in [5.41, 5.74) is -0.560. The van der Waals surface area contributed by atoms with Gasteiger partial charge < -0.3 is 14.9 Å². The van der Waals surface area contributed by atoms with Crippen LogP contribution in [-0.4, -0.2) is 35.5 Å². The van der Waals surface area contributed by atoms with Crippen molar-refractivity contribution in [1.29, 1.82) is 0 Å². The molecule has 1 atom stereocenters. The molecule has 0 radical (unpaired) electrons. The summed E-state index contributed by atoms with van der Waals surface area (Å²) in [4.78, 5) is 11.5. The molecule has 14 heavy (non-hydrogen) atoms. The first-order valence-corrected chi connectivity index (χ1v) is 4.78. The minimum atomic E-state index is -0.984. The van der Waals surface area contributed by atoms with Crippen molar-refractivity contribution in [3.05, 3.63) is 0 Å². The van der Waals surface area contributed by atoms with Gasteiger partial charge >= 0.3 is 5.97 Å². The summed E-state index contributed by atoms with van der Waals surface area (Å²) in [5, 5.41) is 17.5. The van der Waals surface area contributed by atoms with E-state index in [1.165, 1.54) is 0 Å². The minimum Gasteiger partial charge on any atom is -0.462 e. The smallest absolute Gasteiger partial charge is 0.311 e. The quantitative estimate of drug-likeness (QED) is 0.642. The molecule has 0 rings (SSSR count). The maximum absolute atomic E-state index is 11.5. The summed E-state index contributed by atoms with van der Waals surface area (Å²) in [5.74, 6) is -0.179. The topological polar surface area (TPSA) is 66.8 Å². The summed E-state index contributed by atoms with van der Waals surface area (Å²) in [7, 11) is 0. The van der Waals surface area contributed by atoms with E-state index in [-0.39, 0.29) is 18.5 Å². The number of rotatable bonds is 5. The van der Waals surface area contributed by atoms with Crippen LogP contribution in [0.25, 0.3) is 0 Å². The highest BCUT2D eigenvalue weighted by atomic mass is 16.5. The molecule has 0 aliphatic carbocycles. The maximum atomic E-state index is 11.5. The zero-order valence-electron chi connectivity index (χ0n) is 9.28. The number of aliphatic hydroxyl groups excluding tert-OH is 2. The van der Waals surface area contributed by atoms with Gasteiger partial charge in [-0.3, -0.25) is 4.79 Å². The Labute approximate surface area is 84.9 Å². The molecule has 0 saturated carbocycles. The highest BCUT2D eigenvalue weighted by Gasteiger charge is 2.33. The molecule has 0 aromatic heterocycles. The van der Waals surface area contributed by atoms with Gasteiger partial charge in [0.1, 0.15) is 12.7 Å². The van der Waals surface area contributed by atoms with Crippen molar-refractivity contribution in [2.45, 2.75) is 33.8 Å². The number of esters is 1. The molecule has 2 N–H and O–H groups in total. The number of hydrogen-bond donors (Lipinski definition) is 2. The van der Waals surface area contributed by atoms with Gasteiger partial charge in [-0.1, -0.05) is 13.8 Å². The minimum absolute atomic E-state index is 0.147. The number of hydrogen-bond acceptors (Lipinski definition) is 4. The summed E-state index contributed by atoms with van der Waals surface area (Å²) in [6, 6.07) is 0. The maximum Gasteiger partial charge on any atom is 0.311 e. The second-order valence-corrected chi connectivity index (χ2v) is 4.31. The molecule has 4 nitrogen and oxygen atoms in total. The third-order valence-electron chi connectivity index (χ3n) is 2.59. The molecule has 0 aromatic carbocycles. The first-order valence-electron chi connectivity index (χ1n) is 4.78. The van der Waals surface area contributed by atoms with E-state index in [1.54, 1.807) is 13.8 Å². The van der Waals surface area contributed by atoms with Crippen molar-refractivity contribution in [2.75, 3.05) is 13.2 Å². The molecule has 4 heteroatoms. The first-order chi connectivity index (χ1) is 6.32. The first kappa shape index (κ1) is 13.4. The van der Waals surface area contributed by atoms with E-state index in [9.17, 15) is 4.79 Å². The standard InChI is InChI=1S/C10H20O4/c1-7(2)10(3,4)9(13)14-6-8(12)5-11/h7-8,11-12H,5-6H2,1-4H3. The van der Waals surface area contributed by atoms with Crippen LogP contribution < -0.4 is 0 Å². The van der Waals surface area contributed by atoms with E-state index in [0.29, 0.717) is 0 Å². The van der Waals surface area contributed by atoms with E-state index in [1.807, 2.05) is 13.8 Å². The molecule has 0 aliphatic rings. The highest BCUT2D eigenvalue weighted by molar-refractivity contribution is 5.76. The fraction of sp³-hybridized carbons (Fsp3) is 0.900. The predicted molar refractivity (Wildman–Crippen MR) is 52.7 cm³/mol. The van der Waals surface area contributed by atoms with Crippen molar-refractivity contribution in [3.63, 3.8) is 0 Å². The van der Waals surface area contributed by atoms with Gasteiger partial charge in [-0.05, 0) is 19.8 Å². The second-order valence-electron chi connectivity index (χ2n) is 4.31. The molecule has 0 fully saturated rings. The zero-order chi connectivity index (χ0) is 11.4. The second kappa shape index (κ2) is 5.32. The van der Waals surface area contributed by atoms with Crippen LogP contribution in [0.15, 0.2) is 0 Å². The van der Waals surface area contributed by atoms with Gasteiger partial charge in [-0.15, -0.1) is 0 Å². The van der Waals surface area contributed by atoms with Gasteiger partial charge in [0.2, 0.25) is 0 Å². The van der Waals surface area contributed by atoms with Crippen LogP contribution in [0.3, 0.4) is 0 Å². The third-order valence-corrected chi connectivity index (χ3v) is 2.59. The van der Waals surface area contributed by atoms with E-state index in [2.05, 4.69) is 0 Å². The third kappa shape index (κ3) is 3.64. The number of ether oxygens (including phenoxy) is 1. The molecule has 0 aromatic rings. The fourth-order valence-electron chi connectivity index (χ4n) is 0.646. The van der Waals surface area contributed by atoms with Crippen LogP contribution in [-0.2, 0) is 9.53 Å².